The highest BCUT2D eigenvalue weighted by molar-refractivity contribution is 5.40. The molecule has 0 saturated carbocycles. The van der Waals surface area contributed by atoms with Gasteiger partial charge in [-0.2, -0.15) is 5.26 Å². The second-order valence-corrected chi connectivity index (χ2v) is 4.15. The molecule has 2 heteroatoms. The molecule has 0 radical (unpaired) electrons. The molecule has 0 aliphatic heterocycles. The standard InChI is InChI=1S/C12H14N2/c1-12(14,8-13)11-6-5-9-3-2-4-10(9)7-11/h5-7H,2-4,14H2,1H3. The van der Waals surface area contributed by atoms with Crippen LogP contribution in [-0.2, 0) is 18.4 Å². The van der Waals surface area contributed by atoms with E-state index >= 15 is 0 Å². The molecule has 0 aromatic heterocycles. The first-order valence-electron chi connectivity index (χ1n) is 4.96. The minimum Gasteiger partial charge on any atom is -0.310 e. The molecule has 1 aliphatic rings. The molecule has 1 aliphatic carbocycles. The molecular formula is C12H14N2. The summed E-state index contributed by atoms with van der Waals surface area (Å²) in [5.74, 6) is 0. The highest BCUT2D eigenvalue weighted by atomic mass is 14.7. The van der Waals surface area contributed by atoms with Gasteiger partial charge in [-0.3, -0.25) is 0 Å². The molecule has 14 heavy (non-hydrogen) atoms. The van der Waals surface area contributed by atoms with Gasteiger partial charge in [0.1, 0.15) is 5.54 Å². The highest BCUT2D eigenvalue weighted by Gasteiger charge is 2.22. The number of hydrogen-bond donors (Lipinski definition) is 1. The van der Waals surface area contributed by atoms with Crippen LogP contribution in [0.25, 0.3) is 0 Å². The molecule has 1 unspecified atom stereocenters. The lowest BCUT2D eigenvalue weighted by molar-refractivity contribution is 0.645. The molecular weight excluding hydrogens is 172 g/mol. The quantitative estimate of drug-likeness (QED) is 0.728. The zero-order valence-corrected chi connectivity index (χ0v) is 8.38. The number of rotatable bonds is 1. The van der Waals surface area contributed by atoms with Crippen molar-refractivity contribution in [1.29, 1.82) is 5.26 Å². The van der Waals surface area contributed by atoms with Gasteiger partial charge < -0.3 is 5.73 Å². The van der Waals surface area contributed by atoms with Crippen LogP contribution in [0.2, 0.25) is 0 Å². The summed E-state index contributed by atoms with van der Waals surface area (Å²) in [6.45, 7) is 1.75. The summed E-state index contributed by atoms with van der Waals surface area (Å²) in [6, 6.07) is 8.31. The van der Waals surface area contributed by atoms with Gasteiger partial charge in [-0.25, -0.2) is 0 Å². The molecule has 0 spiro atoms. The lowest BCUT2D eigenvalue weighted by Crippen LogP contribution is -2.30. The van der Waals surface area contributed by atoms with E-state index in [1.54, 1.807) is 6.92 Å². The van der Waals surface area contributed by atoms with Gasteiger partial charge in [0.05, 0.1) is 6.07 Å². The van der Waals surface area contributed by atoms with E-state index in [9.17, 15) is 0 Å². The van der Waals surface area contributed by atoms with Gasteiger partial charge in [-0.15, -0.1) is 0 Å². The van der Waals surface area contributed by atoms with Crippen molar-refractivity contribution in [2.24, 2.45) is 5.73 Å². The maximum Gasteiger partial charge on any atom is 0.126 e. The molecule has 0 amide bonds. The van der Waals surface area contributed by atoms with Crippen LogP contribution >= 0.6 is 0 Å². The fourth-order valence-corrected chi connectivity index (χ4v) is 1.96. The maximum atomic E-state index is 8.92. The smallest absolute Gasteiger partial charge is 0.126 e. The molecule has 1 atom stereocenters. The van der Waals surface area contributed by atoms with Gasteiger partial charge in [0.25, 0.3) is 0 Å². The number of benzene rings is 1. The van der Waals surface area contributed by atoms with Crippen LogP contribution in [0.4, 0.5) is 0 Å². The fourth-order valence-electron chi connectivity index (χ4n) is 1.96. The summed E-state index contributed by atoms with van der Waals surface area (Å²) in [7, 11) is 0. The first kappa shape index (κ1) is 9.23. The SMILES string of the molecule is CC(N)(C#N)c1ccc2c(c1)CCC2. The number of nitriles is 1. The fraction of sp³-hybridized carbons (Fsp3) is 0.417. The molecule has 1 aromatic rings. The van der Waals surface area contributed by atoms with Crippen molar-refractivity contribution in [3.05, 3.63) is 34.9 Å². The van der Waals surface area contributed by atoms with Crippen molar-refractivity contribution in [3.8, 4) is 6.07 Å². The molecule has 2 rings (SSSR count). The van der Waals surface area contributed by atoms with Gasteiger partial charge >= 0.3 is 0 Å². The second-order valence-electron chi connectivity index (χ2n) is 4.15. The first-order valence-corrected chi connectivity index (χ1v) is 4.96. The van der Waals surface area contributed by atoms with E-state index in [-0.39, 0.29) is 0 Å². The minimum absolute atomic E-state index is 0.850. The zero-order valence-electron chi connectivity index (χ0n) is 8.38. The average molecular weight is 186 g/mol. The summed E-state index contributed by atoms with van der Waals surface area (Å²) in [5.41, 5.74) is 8.74. The summed E-state index contributed by atoms with van der Waals surface area (Å²) in [5, 5.41) is 8.92. The Morgan fingerprint density at radius 1 is 1.36 bits per heavy atom. The molecule has 0 fully saturated rings. The monoisotopic (exact) mass is 186 g/mol. The third kappa shape index (κ3) is 1.40. The molecule has 1 aromatic carbocycles. The zero-order chi connectivity index (χ0) is 10.2. The van der Waals surface area contributed by atoms with Crippen LogP contribution in [0.15, 0.2) is 18.2 Å². The first-order chi connectivity index (χ1) is 6.63. The van der Waals surface area contributed by atoms with Crippen molar-refractivity contribution in [2.75, 3.05) is 0 Å². The van der Waals surface area contributed by atoms with Crippen molar-refractivity contribution < 1.29 is 0 Å². The number of fused-ring (bicyclic) bond motifs is 1. The summed E-state index contributed by atoms with van der Waals surface area (Å²) >= 11 is 0. The summed E-state index contributed by atoms with van der Waals surface area (Å²) in [6.07, 6.45) is 3.53. The van der Waals surface area contributed by atoms with Gasteiger partial charge in [0.2, 0.25) is 0 Å². The van der Waals surface area contributed by atoms with E-state index in [0.29, 0.717) is 0 Å². The molecule has 2 N–H and O–H groups in total. The lowest BCUT2D eigenvalue weighted by Gasteiger charge is -2.16. The number of hydrogen-bond acceptors (Lipinski definition) is 2. The van der Waals surface area contributed by atoms with Gasteiger partial charge in [0, 0.05) is 0 Å². The topological polar surface area (TPSA) is 49.8 Å². The third-order valence-corrected chi connectivity index (χ3v) is 2.93. The Kier molecular flexibility index (Phi) is 2.05. The van der Waals surface area contributed by atoms with Crippen LogP contribution in [-0.4, -0.2) is 0 Å². The normalized spacial score (nSPS) is 18.4. The molecule has 0 heterocycles. The Bertz CT molecular complexity index is 399. The van der Waals surface area contributed by atoms with E-state index in [2.05, 4.69) is 18.2 Å². The largest absolute Gasteiger partial charge is 0.310 e. The van der Waals surface area contributed by atoms with E-state index in [1.165, 1.54) is 24.0 Å². The van der Waals surface area contributed by atoms with Gasteiger partial charge in [-0.05, 0) is 42.9 Å². The molecule has 0 saturated heterocycles. The molecule has 72 valence electrons. The van der Waals surface area contributed by atoms with E-state index < -0.39 is 5.54 Å². The Balaban J connectivity index is 2.44. The van der Waals surface area contributed by atoms with Crippen LogP contribution in [0.3, 0.4) is 0 Å². The average Bonchev–Trinajstić information content (AvgIpc) is 2.64. The van der Waals surface area contributed by atoms with Gasteiger partial charge in [-0.1, -0.05) is 18.2 Å². The van der Waals surface area contributed by atoms with Gasteiger partial charge in [0.15, 0.2) is 0 Å². The van der Waals surface area contributed by atoms with Crippen molar-refractivity contribution in [3.63, 3.8) is 0 Å². The van der Waals surface area contributed by atoms with Crippen molar-refractivity contribution in [1.82, 2.24) is 0 Å². The predicted molar refractivity (Wildman–Crippen MR) is 55.6 cm³/mol. The third-order valence-electron chi connectivity index (χ3n) is 2.93. The van der Waals surface area contributed by atoms with Crippen molar-refractivity contribution >= 4 is 0 Å². The second kappa shape index (κ2) is 3.11. The van der Waals surface area contributed by atoms with Crippen LogP contribution in [0.1, 0.15) is 30.0 Å². The van der Waals surface area contributed by atoms with Crippen LogP contribution in [0, 0.1) is 11.3 Å². The number of aryl methyl sites for hydroxylation is 2. The Labute approximate surface area is 84.3 Å². The Morgan fingerprint density at radius 2 is 2.07 bits per heavy atom. The number of nitrogens with zero attached hydrogens (tertiary/aromatic N) is 1. The minimum atomic E-state index is -0.850. The molecule has 0 bridgehead atoms. The van der Waals surface area contributed by atoms with Crippen molar-refractivity contribution in [2.45, 2.75) is 31.7 Å². The van der Waals surface area contributed by atoms with E-state index in [4.69, 9.17) is 11.0 Å². The highest BCUT2D eigenvalue weighted by Crippen LogP contribution is 2.26. The summed E-state index contributed by atoms with van der Waals surface area (Å²) in [4.78, 5) is 0. The Morgan fingerprint density at radius 3 is 2.79 bits per heavy atom. The number of nitrogens with two attached hydrogens (primary N) is 1. The van der Waals surface area contributed by atoms with Crippen LogP contribution < -0.4 is 5.73 Å². The lowest BCUT2D eigenvalue weighted by atomic mass is 9.92. The summed E-state index contributed by atoms with van der Waals surface area (Å²) < 4.78 is 0. The maximum absolute atomic E-state index is 8.92. The van der Waals surface area contributed by atoms with Crippen LogP contribution in [0.5, 0.6) is 0 Å². The van der Waals surface area contributed by atoms with E-state index in [1.807, 2.05) is 6.07 Å². The predicted octanol–water partition coefficient (Wildman–Crippen LogP) is 1.87. The van der Waals surface area contributed by atoms with E-state index in [0.717, 1.165) is 12.0 Å². The molecule has 2 nitrogen and oxygen atoms in total. The Hall–Kier alpha value is -1.33.